The molecule has 9 aromatic rings. The van der Waals surface area contributed by atoms with Crippen LogP contribution in [0.25, 0.3) is 87.6 Å². The number of benzene rings is 8. The van der Waals surface area contributed by atoms with Crippen molar-refractivity contribution in [2.45, 2.75) is 0 Å². The van der Waals surface area contributed by atoms with Crippen molar-refractivity contribution >= 4 is 54.3 Å². The minimum Gasteiger partial charge on any atom is -0.456 e. The maximum absolute atomic E-state index is 9.33. The lowest BCUT2D eigenvalue weighted by atomic mass is 9.83. The summed E-state index contributed by atoms with van der Waals surface area (Å²) in [6.45, 7) is 0. The molecule has 0 amide bonds. The summed E-state index contributed by atoms with van der Waals surface area (Å²) in [5.41, 5.74) is 5.04. The summed E-state index contributed by atoms with van der Waals surface area (Å²) >= 11 is 0. The molecule has 0 N–H and O–H groups in total. The second-order valence-corrected chi connectivity index (χ2v) is 10.7. The molecule has 0 fully saturated rings. The summed E-state index contributed by atoms with van der Waals surface area (Å²) in [6, 6.07) is 36.6. The van der Waals surface area contributed by atoms with E-state index in [9.17, 15) is 1.37 Å². The fourth-order valence-electron chi connectivity index (χ4n) is 6.57. The highest BCUT2D eigenvalue weighted by molar-refractivity contribution is 6.26. The molecular formula is C42H26O. The van der Waals surface area contributed by atoms with Crippen molar-refractivity contribution in [3.8, 4) is 33.4 Å². The highest BCUT2D eigenvalue weighted by atomic mass is 16.3. The molecule has 0 unspecified atom stereocenters. The Hall–Kier alpha value is -5.66. The summed E-state index contributed by atoms with van der Waals surface area (Å²) in [7, 11) is 0. The fourth-order valence-corrected chi connectivity index (χ4v) is 6.57. The first-order valence-corrected chi connectivity index (χ1v) is 14.2. The van der Waals surface area contributed by atoms with Gasteiger partial charge in [0.15, 0.2) is 0 Å². The highest BCUT2D eigenvalue weighted by Gasteiger charge is 2.20. The topological polar surface area (TPSA) is 13.1 Å². The van der Waals surface area contributed by atoms with E-state index in [-0.39, 0.29) is 52.2 Å². The quantitative estimate of drug-likeness (QED) is 0.198. The van der Waals surface area contributed by atoms with Crippen LogP contribution in [0.15, 0.2) is 162 Å². The van der Waals surface area contributed by atoms with Gasteiger partial charge >= 0.3 is 0 Å². The molecule has 0 atom stereocenters. The smallest absolute Gasteiger partial charge is 0.136 e. The summed E-state index contributed by atoms with van der Waals surface area (Å²) in [5.74, 6) is 0. The number of fused-ring (bicyclic) bond motifs is 6. The van der Waals surface area contributed by atoms with Gasteiger partial charge in [0.1, 0.15) is 11.2 Å². The van der Waals surface area contributed by atoms with Crippen molar-refractivity contribution in [3.63, 3.8) is 0 Å². The summed E-state index contributed by atoms with van der Waals surface area (Å²) < 4.78 is 67.2. The molecule has 0 radical (unpaired) electrons. The van der Waals surface area contributed by atoms with Gasteiger partial charge in [-0.1, -0.05) is 133 Å². The second kappa shape index (κ2) is 9.44. The Balaban J connectivity index is 1.48. The van der Waals surface area contributed by atoms with Gasteiger partial charge in [-0.05, 0) is 89.9 Å². The van der Waals surface area contributed by atoms with E-state index in [4.69, 9.17) is 12.6 Å². The fraction of sp³-hybridized carbons (Fsp3) is 0. The lowest BCUT2D eigenvalue weighted by Gasteiger charge is -2.19. The Labute approximate surface area is 259 Å². The van der Waals surface area contributed by atoms with Crippen LogP contribution in [0, 0.1) is 0 Å². The second-order valence-electron chi connectivity index (χ2n) is 10.7. The number of furan rings is 1. The Morgan fingerprint density at radius 1 is 0.419 bits per heavy atom. The van der Waals surface area contributed by atoms with Gasteiger partial charge in [-0.15, -0.1) is 0 Å². The number of rotatable bonds is 3. The van der Waals surface area contributed by atoms with Crippen LogP contribution >= 0.6 is 0 Å². The van der Waals surface area contributed by atoms with E-state index < -0.39 is 12.1 Å². The molecule has 1 heteroatoms. The van der Waals surface area contributed by atoms with E-state index in [1.165, 1.54) is 0 Å². The lowest BCUT2D eigenvalue weighted by Crippen LogP contribution is -1.92. The van der Waals surface area contributed by atoms with Crippen LogP contribution in [0.4, 0.5) is 0 Å². The van der Waals surface area contributed by atoms with Crippen molar-refractivity contribution in [2.24, 2.45) is 0 Å². The molecule has 1 heterocycles. The van der Waals surface area contributed by atoms with Gasteiger partial charge in [-0.25, -0.2) is 0 Å². The number of hydrogen-bond acceptors (Lipinski definition) is 1. The van der Waals surface area contributed by atoms with Gasteiger partial charge < -0.3 is 4.42 Å². The maximum Gasteiger partial charge on any atom is 0.136 e. The van der Waals surface area contributed by atoms with Crippen molar-refractivity contribution in [3.05, 3.63) is 158 Å². The monoisotopic (exact) mass is 553 g/mol. The molecule has 0 aliphatic rings. The van der Waals surface area contributed by atoms with Gasteiger partial charge in [0.25, 0.3) is 0 Å². The van der Waals surface area contributed by atoms with E-state index in [1.807, 2.05) is 60.7 Å². The summed E-state index contributed by atoms with van der Waals surface area (Å²) in [4.78, 5) is 0. The molecule has 0 bridgehead atoms. The van der Waals surface area contributed by atoms with Crippen LogP contribution in [0.5, 0.6) is 0 Å². The molecule has 0 saturated heterocycles. The van der Waals surface area contributed by atoms with Crippen molar-refractivity contribution in [1.29, 1.82) is 0 Å². The van der Waals surface area contributed by atoms with Crippen molar-refractivity contribution in [1.82, 2.24) is 0 Å². The Morgan fingerprint density at radius 2 is 1.02 bits per heavy atom. The van der Waals surface area contributed by atoms with E-state index >= 15 is 0 Å². The molecule has 1 aromatic heterocycles. The van der Waals surface area contributed by atoms with Crippen molar-refractivity contribution in [2.75, 3.05) is 0 Å². The van der Waals surface area contributed by atoms with E-state index in [2.05, 4.69) is 54.6 Å². The Kier molecular flexibility index (Phi) is 3.95. The number of para-hydroxylation sites is 1. The van der Waals surface area contributed by atoms with E-state index in [0.717, 1.165) is 54.6 Å². The van der Waals surface area contributed by atoms with Crippen LogP contribution < -0.4 is 0 Å². The van der Waals surface area contributed by atoms with Crippen LogP contribution in [0.1, 0.15) is 9.60 Å². The zero-order valence-corrected chi connectivity index (χ0v) is 22.9. The molecule has 0 spiro atoms. The van der Waals surface area contributed by atoms with Crippen LogP contribution in [-0.4, -0.2) is 0 Å². The summed E-state index contributed by atoms with van der Waals surface area (Å²) in [6.07, 6.45) is 0. The lowest BCUT2D eigenvalue weighted by molar-refractivity contribution is 0.669. The minimum atomic E-state index is -0.447. The van der Waals surface area contributed by atoms with Gasteiger partial charge in [-0.2, -0.15) is 0 Å². The van der Waals surface area contributed by atoms with Gasteiger partial charge in [0.2, 0.25) is 0 Å². The van der Waals surface area contributed by atoms with Crippen molar-refractivity contribution < 1.29 is 14.0 Å². The third-order valence-electron chi connectivity index (χ3n) is 8.36. The van der Waals surface area contributed by atoms with Crippen LogP contribution in [0.2, 0.25) is 0 Å². The maximum atomic E-state index is 9.33. The molecule has 1 nitrogen and oxygen atoms in total. The predicted octanol–water partition coefficient (Wildman–Crippen LogP) is 12.0. The van der Waals surface area contributed by atoms with Crippen LogP contribution in [-0.2, 0) is 0 Å². The third kappa shape index (κ3) is 3.65. The average molecular weight is 554 g/mol. The van der Waals surface area contributed by atoms with Gasteiger partial charge in [-0.3, -0.25) is 0 Å². The predicted molar refractivity (Wildman–Crippen MR) is 183 cm³/mol. The molecule has 0 saturated carbocycles. The molecule has 8 aromatic carbocycles. The summed E-state index contributed by atoms with van der Waals surface area (Å²) in [5, 5.41) is 6.01. The first kappa shape index (κ1) is 18.0. The first-order chi connectivity index (χ1) is 24.3. The van der Waals surface area contributed by atoms with E-state index in [1.54, 1.807) is 0 Å². The molecule has 200 valence electrons. The Morgan fingerprint density at radius 3 is 1.77 bits per heavy atom. The zero-order valence-electron chi connectivity index (χ0n) is 29.9. The Bertz CT molecular complexity index is 2840. The molecular weight excluding hydrogens is 520 g/mol. The van der Waals surface area contributed by atoms with Crippen LogP contribution in [0.3, 0.4) is 0 Å². The SMILES string of the molecule is [2H]c1c([2H])c([2H])c2c(oc3c([2H])c([2H])c([2H])c(-c4c5ccccc5c(-c5cc(-c6ccccc6)c6ccccc6c5)c5ccccc45)c32)c1[2H]. The molecule has 43 heavy (non-hydrogen) atoms. The first-order valence-electron chi connectivity index (χ1n) is 17.7. The van der Waals surface area contributed by atoms with E-state index in [0.29, 0.717) is 11.1 Å². The molecule has 9 rings (SSSR count). The molecule has 0 aliphatic heterocycles. The van der Waals surface area contributed by atoms with Gasteiger partial charge in [0, 0.05) is 10.8 Å². The molecule has 0 aliphatic carbocycles. The highest BCUT2D eigenvalue weighted by Crippen LogP contribution is 2.47. The minimum absolute atomic E-state index is 0.0396. The zero-order chi connectivity index (χ0) is 34.4. The standard InChI is InChI=1S/C42H26O/c1-2-13-27(14-3-1)37-26-29(25-28-15-4-5-16-30(28)37)40-31-17-6-8-19-33(31)41(34-20-9-7-18-32(34)40)36-22-12-24-39-42(36)35-21-10-11-23-38(35)43-39/h1-26H/i10D,11D,12D,21D,22D,23D,24D. The average Bonchev–Trinajstić information content (AvgIpc) is 3.56. The normalized spacial score (nSPS) is 14.0. The van der Waals surface area contributed by atoms with Gasteiger partial charge in [0.05, 0.1) is 9.60 Å². The number of hydrogen-bond donors (Lipinski definition) is 0. The largest absolute Gasteiger partial charge is 0.456 e. The third-order valence-corrected chi connectivity index (χ3v) is 8.36.